The second kappa shape index (κ2) is 4.79. The maximum absolute atomic E-state index is 6.23. The van der Waals surface area contributed by atoms with E-state index in [1.54, 1.807) is 0 Å². The highest BCUT2D eigenvalue weighted by molar-refractivity contribution is 4.95. The molecule has 1 aliphatic rings. The molecule has 0 aromatic carbocycles. The van der Waals surface area contributed by atoms with Gasteiger partial charge in [0.05, 0.1) is 12.2 Å². The standard InChI is InChI=1S/C12H21N3/c1-10-7-8-15(14-10)9-12(13)11-5-3-2-4-6-11/h7-8,11-12H,2-6,9,13H2,1H3. The van der Waals surface area contributed by atoms with Crippen LogP contribution in [0.4, 0.5) is 0 Å². The van der Waals surface area contributed by atoms with Gasteiger partial charge in [-0.1, -0.05) is 19.3 Å². The highest BCUT2D eigenvalue weighted by Gasteiger charge is 2.20. The van der Waals surface area contributed by atoms with Crippen molar-refractivity contribution in [1.29, 1.82) is 0 Å². The van der Waals surface area contributed by atoms with E-state index in [-0.39, 0.29) is 6.04 Å². The van der Waals surface area contributed by atoms with Gasteiger partial charge in [0, 0.05) is 12.2 Å². The Kier molecular flexibility index (Phi) is 3.41. The van der Waals surface area contributed by atoms with Crippen LogP contribution in [-0.2, 0) is 6.54 Å². The molecule has 3 nitrogen and oxygen atoms in total. The summed E-state index contributed by atoms with van der Waals surface area (Å²) in [5.41, 5.74) is 7.30. The second-order valence-corrected chi connectivity index (χ2v) is 4.74. The predicted octanol–water partition coefficient (Wildman–Crippen LogP) is 2.10. The molecule has 0 saturated heterocycles. The Morgan fingerprint density at radius 2 is 2.20 bits per heavy atom. The lowest BCUT2D eigenvalue weighted by atomic mass is 9.84. The fourth-order valence-electron chi connectivity index (χ4n) is 2.49. The largest absolute Gasteiger partial charge is 0.326 e. The number of hydrogen-bond donors (Lipinski definition) is 1. The third-order valence-electron chi connectivity index (χ3n) is 3.43. The molecule has 1 heterocycles. The van der Waals surface area contributed by atoms with Gasteiger partial charge in [0.25, 0.3) is 0 Å². The van der Waals surface area contributed by atoms with Gasteiger partial charge in [-0.3, -0.25) is 4.68 Å². The summed E-state index contributed by atoms with van der Waals surface area (Å²) in [5.74, 6) is 0.711. The fraction of sp³-hybridized carbons (Fsp3) is 0.750. The number of rotatable bonds is 3. The van der Waals surface area contributed by atoms with Crippen molar-refractivity contribution in [2.75, 3.05) is 0 Å². The van der Waals surface area contributed by atoms with Crippen LogP contribution in [0.2, 0.25) is 0 Å². The minimum Gasteiger partial charge on any atom is -0.326 e. The van der Waals surface area contributed by atoms with Gasteiger partial charge in [-0.05, 0) is 31.7 Å². The van der Waals surface area contributed by atoms with Gasteiger partial charge in [0.1, 0.15) is 0 Å². The lowest BCUT2D eigenvalue weighted by Gasteiger charge is -2.27. The van der Waals surface area contributed by atoms with Crippen molar-refractivity contribution in [3.63, 3.8) is 0 Å². The molecule has 84 valence electrons. The van der Waals surface area contributed by atoms with Crippen LogP contribution in [0.25, 0.3) is 0 Å². The normalized spacial score (nSPS) is 20.4. The number of hydrogen-bond acceptors (Lipinski definition) is 2. The molecule has 3 heteroatoms. The van der Waals surface area contributed by atoms with Gasteiger partial charge in [0.2, 0.25) is 0 Å². The van der Waals surface area contributed by atoms with Crippen molar-refractivity contribution in [3.8, 4) is 0 Å². The molecular formula is C12H21N3. The van der Waals surface area contributed by atoms with Crippen LogP contribution < -0.4 is 5.73 Å². The molecule has 1 atom stereocenters. The Balaban J connectivity index is 1.88. The first kappa shape index (κ1) is 10.7. The Morgan fingerprint density at radius 1 is 1.47 bits per heavy atom. The maximum atomic E-state index is 6.23. The van der Waals surface area contributed by atoms with E-state index in [9.17, 15) is 0 Å². The average molecular weight is 207 g/mol. The highest BCUT2D eigenvalue weighted by atomic mass is 15.3. The zero-order valence-corrected chi connectivity index (χ0v) is 9.52. The summed E-state index contributed by atoms with van der Waals surface area (Å²) in [6.07, 6.45) is 8.75. The highest BCUT2D eigenvalue weighted by Crippen LogP contribution is 2.26. The molecule has 2 rings (SSSR count). The molecule has 1 aliphatic carbocycles. The van der Waals surface area contributed by atoms with Crippen LogP contribution >= 0.6 is 0 Å². The molecule has 0 spiro atoms. The molecule has 0 aliphatic heterocycles. The SMILES string of the molecule is Cc1ccn(CC(N)C2CCCCC2)n1. The van der Waals surface area contributed by atoms with Crippen LogP contribution in [0.5, 0.6) is 0 Å². The molecule has 1 saturated carbocycles. The van der Waals surface area contributed by atoms with Crippen LogP contribution in [0, 0.1) is 12.8 Å². The zero-order chi connectivity index (χ0) is 10.7. The Bertz CT molecular complexity index is 300. The Morgan fingerprint density at radius 3 is 2.80 bits per heavy atom. The third kappa shape index (κ3) is 2.81. The van der Waals surface area contributed by atoms with Crippen LogP contribution in [0.3, 0.4) is 0 Å². The average Bonchev–Trinajstić information content (AvgIpc) is 2.65. The third-order valence-corrected chi connectivity index (χ3v) is 3.43. The van der Waals surface area contributed by atoms with Crippen LogP contribution in [0.15, 0.2) is 12.3 Å². The molecule has 15 heavy (non-hydrogen) atoms. The molecule has 2 N–H and O–H groups in total. The van der Waals surface area contributed by atoms with Gasteiger partial charge in [-0.25, -0.2) is 0 Å². The number of aryl methyl sites for hydroxylation is 1. The summed E-state index contributed by atoms with van der Waals surface area (Å²) in [4.78, 5) is 0. The zero-order valence-electron chi connectivity index (χ0n) is 9.52. The molecule has 0 amide bonds. The number of aromatic nitrogens is 2. The molecule has 1 unspecified atom stereocenters. The summed E-state index contributed by atoms with van der Waals surface area (Å²) < 4.78 is 1.98. The smallest absolute Gasteiger partial charge is 0.0593 e. The first-order valence-corrected chi connectivity index (χ1v) is 6.01. The van der Waals surface area contributed by atoms with Gasteiger partial charge >= 0.3 is 0 Å². The van der Waals surface area contributed by atoms with Gasteiger partial charge in [-0.2, -0.15) is 5.10 Å². The van der Waals surface area contributed by atoms with Gasteiger partial charge in [0.15, 0.2) is 0 Å². The molecule has 1 aromatic heterocycles. The van der Waals surface area contributed by atoms with Crippen molar-refractivity contribution in [3.05, 3.63) is 18.0 Å². The Hall–Kier alpha value is -0.830. The monoisotopic (exact) mass is 207 g/mol. The van der Waals surface area contributed by atoms with E-state index in [0.717, 1.165) is 12.2 Å². The van der Waals surface area contributed by atoms with Gasteiger partial charge in [-0.15, -0.1) is 0 Å². The van der Waals surface area contributed by atoms with Crippen LogP contribution in [-0.4, -0.2) is 15.8 Å². The van der Waals surface area contributed by atoms with Crippen molar-refractivity contribution in [2.24, 2.45) is 11.7 Å². The first-order chi connectivity index (χ1) is 7.25. The minimum absolute atomic E-state index is 0.282. The summed E-state index contributed by atoms with van der Waals surface area (Å²) in [5, 5.41) is 4.38. The van der Waals surface area contributed by atoms with Crippen molar-refractivity contribution >= 4 is 0 Å². The second-order valence-electron chi connectivity index (χ2n) is 4.74. The van der Waals surface area contributed by atoms with E-state index in [1.807, 2.05) is 23.9 Å². The predicted molar refractivity (Wildman–Crippen MR) is 61.5 cm³/mol. The van der Waals surface area contributed by atoms with E-state index in [1.165, 1.54) is 32.1 Å². The lowest BCUT2D eigenvalue weighted by Crippen LogP contribution is -2.35. The fourth-order valence-corrected chi connectivity index (χ4v) is 2.49. The molecular weight excluding hydrogens is 186 g/mol. The van der Waals surface area contributed by atoms with E-state index in [4.69, 9.17) is 5.73 Å². The number of nitrogens with zero attached hydrogens (tertiary/aromatic N) is 2. The minimum atomic E-state index is 0.282. The lowest BCUT2D eigenvalue weighted by molar-refractivity contribution is 0.279. The van der Waals surface area contributed by atoms with E-state index in [2.05, 4.69) is 5.10 Å². The van der Waals surface area contributed by atoms with Crippen LogP contribution in [0.1, 0.15) is 37.8 Å². The molecule has 1 fully saturated rings. The molecule has 0 bridgehead atoms. The summed E-state index contributed by atoms with van der Waals surface area (Å²) >= 11 is 0. The molecule has 0 radical (unpaired) electrons. The van der Waals surface area contributed by atoms with Crippen molar-refractivity contribution in [1.82, 2.24) is 9.78 Å². The van der Waals surface area contributed by atoms with Crippen molar-refractivity contribution < 1.29 is 0 Å². The maximum Gasteiger partial charge on any atom is 0.0593 e. The quantitative estimate of drug-likeness (QED) is 0.825. The topological polar surface area (TPSA) is 43.8 Å². The van der Waals surface area contributed by atoms with Gasteiger partial charge < -0.3 is 5.73 Å². The van der Waals surface area contributed by atoms with E-state index >= 15 is 0 Å². The summed E-state index contributed by atoms with van der Waals surface area (Å²) in [6.45, 7) is 2.89. The Labute approximate surface area is 91.7 Å². The number of nitrogens with two attached hydrogens (primary N) is 1. The first-order valence-electron chi connectivity index (χ1n) is 6.01. The van der Waals surface area contributed by atoms with E-state index < -0.39 is 0 Å². The summed E-state index contributed by atoms with van der Waals surface area (Å²) in [6, 6.07) is 2.32. The summed E-state index contributed by atoms with van der Waals surface area (Å²) in [7, 11) is 0. The molecule has 1 aromatic rings. The van der Waals surface area contributed by atoms with E-state index in [0.29, 0.717) is 5.92 Å². The van der Waals surface area contributed by atoms with Crippen molar-refractivity contribution in [2.45, 2.75) is 51.6 Å².